The van der Waals surface area contributed by atoms with Gasteiger partial charge in [0.05, 0.1) is 10.6 Å². The van der Waals surface area contributed by atoms with E-state index < -0.39 is 0 Å². The van der Waals surface area contributed by atoms with Gasteiger partial charge in [-0.15, -0.1) is 0 Å². The second-order valence-electron chi connectivity index (χ2n) is 3.34. The molecule has 0 fully saturated rings. The molecule has 0 aliphatic carbocycles. The number of phenolic OH excluding ortho intramolecular Hbond substituents is 2. The van der Waals surface area contributed by atoms with Crippen LogP contribution in [0, 0.1) is 0 Å². The number of benzene rings is 2. The molecule has 92 valence electrons. The first-order valence-corrected chi connectivity index (χ1v) is 5.06. The van der Waals surface area contributed by atoms with Gasteiger partial charge < -0.3 is 19.9 Å². The second-order valence-corrected chi connectivity index (χ2v) is 3.34. The maximum atomic E-state index is 9.17. The Balaban J connectivity index is 1.89. The lowest BCUT2D eigenvalue weighted by Gasteiger charge is -1.98. The third kappa shape index (κ3) is 3.38. The summed E-state index contributed by atoms with van der Waals surface area (Å²) in [6.45, 7) is 0. The Morgan fingerprint density at radius 1 is 0.722 bits per heavy atom. The molecule has 0 bridgehead atoms. The predicted molar refractivity (Wildman–Crippen MR) is 62.3 cm³/mol. The van der Waals surface area contributed by atoms with E-state index in [2.05, 4.69) is 10.6 Å². The fourth-order valence-electron chi connectivity index (χ4n) is 1.21. The van der Waals surface area contributed by atoms with Crippen molar-refractivity contribution >= 4 is 0 Å². The van der Waals surface area contributed by atoms with Crippen LogP contribution in [-0.2, 0) is 0 Å². The Hall–Kier alpha value is -2.76. The van der Waals surface area contributed by atoms with Crippen molar-refractivity contribution in [3.8, 4) is 23.0 Å². The lowest BCUT2D eigenvalue weighted by molar-refractivity contribution is 0.207. The van der Waals surface area contributed by atoms with Crippen molar-refractivity contribution in [1.82, 2.24) is 0 Å². The van der Waals surface area contributed by atoms with Crippen molar-refractivity contribution in [2.45, 2.75) is 0 Å². The van der Waals surface area contributed by atoms with Gasteiger partial charge in [-0.2, -0.15) is 0 Å². The Labute approximate surface area is 103 Å². The minimum absolute atomic E-state index is 0.0663. The molecule has 0 amide bonds. The zero-order valence-corrected chi connectivity index (χ0v) is 9.22. The lowest BCUT2D eigenvalue weighted by Crippen LogP contribution is -1.85. The van der Waals surface area contributed by atoms with Crippen LogP contribution in [0.1, 0.15) is 0 Å². The quantitative estimate of drug-likeness (QED) is 0.641. The predicted octanol–water partition coefficient (Wildman–Crippen LogP) is 2.84. The molecule has 0 aliphatic rings. The molecule has 0 unspecified atom stereocenters. The monoisotopic (exact) mass is 246 g/mol. The van der Waals surface area contributed by atoms with E-state index in [1.165, 1.54) is 24.3 Å². The summed E-state index contributed by atoms with van der Waals surface area (Å²) < 4.78 is 0. The summed E-state index contributed by atoms with van der Waals surface area (Å²) in [7, 11) is 0. The number of hydrogen-bond donors (Lipinski definition) is 2. The number of hydrogen-bond acceptors (Lipinski definition) is 6. The summed E-state index contributed by atoms with van der Waals surface area (Å²) in [5, 5.41) is 25.0. The number of nitrogens with zero attached hydrogens (tertiary/aromatic N) is 2. The van der Waals surface area contributed by atoms with Gasteiger partial charge in [-0.25, -0.2) is 0 Å². The van der Waals surface area contributed by atoms with E-state index in [-0.39, 0.29) is 11.5 Å². The van der Waals surface area contributed by atoms with Gasteiger partial charge in [0, 0.05) is 12.1 Å². The fraction of sp³-hybridized carbons (Fsp3) is 0. The molecule has 2 aromatic carbocycles. The van der Waals surface area contributed by atoms with Crippen molar-refractivity contribution in [3.63, 3.8) is 0 Å². The Kier molecular flexibility index (Phi) is 3.60. The zero-order chi connectivity index (χ0) is 12.8. The molecule has 2 aromatic rings. The second kappa shape index (κ2) is 5.53. The highest BCUT2D eigenvalue weighted by atomic mass is 16.7. The van der Waals surface area contributed by atoms with Crippen molar-refractivity contribution in [3.05, 3.63) is 48.5 Å². The minimum atomic E-state index is 0.0663. The van der Waals surface area contributed by atoms with Gasteiger partial charge in [0.25, 0.3) is 0 Å². The summed E-state index contributed by atoms with van der Waals surface area (Å²) in [4.78, 5) is 9.70. The summed E-state index contributed by atoms with van der Waals surface area (Å²) in [6.07, 6.45) is 0. The average Bonchev–Trinajstić information content (AvgIpc) is 2.35. The van der Waals surface area contributed by atoms with Crippen molar-refractivity contribution in [2.24, 2.45) is 10.6 Å². The van der Waals surface area contributed by atoms with Crippen LogP contribution in [0.4, 0.5) is 0 Å². The molecule has 2 rings (SSSR count). The van der Waals surface area contributed by atoms with Crippen LogP contribution < -0.4 is 9.68 Å². The lowest BCUT2D eigenvalue weighted by atomic mass is 10.3. The third-order valence-electron chi connectivity index (χ3n) is 1.96. The maximum absolute atomic E-state index is 9.17. The SMILES string of the molecule is Oc1cccc(ON=NOc2cccc(O)c2)c1. The number of phenols is 2. The van der Waals surface area contributed by atoms with Gasteiger partial charge in [0.1, 0.15) is 11.5 Å². The number of rotatable bonds is 4. The highest BCUT2D eigenvalue weighted by Gasteiger charge is 1.95. The van der Waals surface area contributed by atoms with Crippen LogP contribution in [0.3, 0.4) is 0 Å². The zero-order valence-electron chi connectivity index (χ0n) is 9.22. The van der Waals surface area contributed by atoms with Crippen molar-refractivity contribution < 1.29 is 19.9 Å². The molecule has 18 heavy (non-hydrogen) atoms. The first-order valence-electron chi connectivity index (χ1n) is 5.06. The molecule has 0 saturated carbocycles. The van der Waals surface area contributed by atoms with Gasteiger partial charge in [0.2, 0.25) is 0 Å². The van der Waals surface area contributed by atoms with Crippen LogP contribution in [0.2, 0.25) is 0 Å². The molecule has 0 aromatic heterocycles. The van der Waals surface area contributed by atoms with Crippen LogP contribution in [0.5, 0.6) is 23.0 Å². The topological polar surface area (TPSA) is 83.6 Å². The van der Waals surface area contributed by atoms with Crippen molar-refractivity contribution in [1.29, 1.82) is 0 Å². The molecular weight excluding hydrogens is 236 g/mol. The highest BCUT2D eigenvalue weighted by Crippen LogP contribution is 2.19. The Morgan fingerprint density at radius 3 is 1.56 bits per heavy atom. The fourth-order valence-corrected chi connectivity index (χ4v) is 1.21. The number of aromatic hydroxyl groups is 2. The smallest absolute Gasteiger partial charge is 0.163 e. The molecule has 0 radical (unpaired) electrons. The van der Waals surface area contributed by atoms with E-state index in [0.717, 1.165) is 0 Å². The average molecular weight is 246 g/mol. The van der Waals surface area contributed by atoms with E-state index in [1.54, 1.807) is 24.3 Å². The summed E-state index contributed by atoms with van der Waals surface area (Å²) >= 11 is 0. The van der Waals surface area contributed by atoms with Crippen LogP contribution >= 0.6 is 0 Å². The standard InChI is InChI=1S/C12H10N2O4/c15-9-3-1-5-11(7-9)17-13-14-18-12-6-2-4-10(16)8-12/h1-8,15-16H. The third-order valence-corrected chi connectivity index (χ3v) is 1.96. The summed E-state index contributed by atoms with van der Waals surface area (Å²) in [6, 6.07) is 12.2. The Morgan fingerprint density at radius 2 is 1.17 bits per heavy atom. The van der Waals surface area contributed by atoms with E-state index in [4.69, 9.17) is 19.9 Å². The molecule has 0 aliphatic heterocycles. The summed E-state index contributed by atoms with van der Waals surface area (Å²) in [5.41, 5.74) is 0. The normalized spacial score (nSPS) is 10.4. The largest absolute Gasteiger partial charge is 0.508 e. The Bertz CT molecular complexity index is 508. The van der Waals surface area contributed by atoms with Gasteiger partial charge in [0.15, 0.2) is 11.5 Å². The first-order chi connectivity index (χ1) is 8.74. The van der Waals surface area contributed by atoms with Gasteiger partial charge in [-0.3, -0.25) is 0 Å². The molecule has 2 N–H and O–H groups in total. The van der Waals surface area contributed by atoms with Crippen LogP contribution in [0.15, 0.2) is 59.1 Å². The molecule has 0 saturated heterocycles. The van der Waals surface area contributed by atoms with E-state index >= 15 is 0 Å². The van der Waals surface area contributed by atoms with Crippen LogP contribution in [0.25, 0.3) is 0 Å². The molecule has 6 nitrogen and oxygen atoms in total. The maximum Gasteiger partial charge on any atom is 0.163 e. The molecular formula is C12H10N2O4. The van der Waals surface area contributed by atoms with E-state index in [9.17, 15) is 0 Å². The molecule has 0 spiro atoms. The van der Waals surface area contributed by atoms with Crippen LogP contribution in [-0.4, -0.2) is 10.2 Å². The molecule has 6 heteroatoms. The summed E-state index contributed by atoms with van der Waals surface area (Å²) in [5.74, 6) is 0.796. The van der Waals surface area contributed by atoms with E-state index in [1.807, 2.05) is 0 Å². The first kappa shape index (κ1) is 11.7. The van der Waals surface area contributed by atoms with Gasteiger partial charge >= 0.3 is 0 Å². The molecule has 0 heterocycles. The van der Waals surface area contributed by atoms with E-state index in [0.29, 0.717) is 11.5 Å². The van der Waals surface area contributed by atoms with Gasteiger partial charge in [-0.1, -0.05) is 12.1 Å². The van der Waals surface area contributed by atoms with Gasteiger partial charge in [-0.05, 0) is 24.3 Å². The highest BCUT2D eigenvalue weighted by molar-refractivity contribution is 5.32. The molecule has 0 atom stereocenters. The minimum Gasteiger partial charge on any atom is -0.508 e. The van der Waals surface area contributed by atoms with Crippen molar-refractivity contribution in [2.75, 3.05) is 0 Å².